The summed E-state index contributed by atoms with van der Waals surface area (Å²) in [6.45, 7) is 2.46. The molecule has 0 amide bonds. The number of ether oxygens (including phenoxy) is 1. The average Bonchev–Trinajstić information content (AvgIpc) is 2.26. The van der Waals surface area contributed by atoms with E-state index in [1.807, 2.05) is 6.92 Å². The van der Waals surface area contributed by atoms with Crippen molar-refractivity contribution in [3.63, 3.8) is 0 Å². The molecule has 0 bridgehead atoms. The molecule has 0 fully saturated rings. The van der Waals surface area contributed by atoms with Crippen LogP contribution < -0.4 is 4.74 Å². The molecule has 0 radical (unpaired) electrons. The minimum Gasteiger partial charge on any atom is -0.491 e. The van der Waals surface area contributed by atoms with Crippen molar-refractivity contribution < 1.29 is 9.53 Å². The van der Waals surface area contributed by atoms with Crippen LogP contribution in [0.1, 0.15) is 23.7 Å². The largest absolute Gasteiger partial charge is 0.491 e. The van der Waals surface area contributed by atoms with Gasteiger partial charge in [0.2, 0.25) is 0 Å². The first-order chi connectivity index (χ1) is 7.60. The third kappa shape index (κ3) is 3.27. The molecule has 1 rings (SSSR count). The number of Topliss-reactive ketones (excluding diaryl/α,β-unsaturated/α-hetero) is 1. The van der Waals surface area contributed by atoms with Crippen molar-refractivity contribution in [2.45, 2.75) is 13.3 Å². The average molecular weight is 282 g/mol. The molecular formula is C11H11Cl3O2. The van der Waals surface area contributed by atoms with Gasteiger partial charge in [0.05, 0.1) is 23.1 Å². The number of alkyl halides is 1. The number of hydrogen-bond acceptors (Lipinski definition) is 2. The summed E-state index contributed by atoms with van der Waals surface area (Å²) in [5.41, 5.74) is 0.334. The third-order valence-corrected chi connectivity index (χ3v) is 2.62. The first-order valence-corrected chi connectivity index (χ1v) is 6.10. The summed E-state index contributed by atoms with van der Waals surface area (Å²) in [5.74, 6) is -0.0187. The van der Waals surface area contributed by atoms with E-state index in [0.717, 1.165) is 6.42 Å². The molecule has 5 heteroatoms. The fraction of sp³-hybridized carbons (Fsp3) is 0.364. The maximum Gasteiger partial charge on any atom is 0.181 e. The van der Waals surface area contributed by atoms with Crippen molar-refractivity contribution in [1.29, 1.82) is 0 Å². The van der Waals surface area contributed by atoms with E-state index in [1.165, 1.54) is 6.07 Å². The second-order valence-corrected chi connectivity index (χ2v) is 4.28. The highest BCUT2D eigenvalue weighted by molar-refractivity contribution is 6.37. The first kappa shape index (κ1) is 13.6. The van der Waals surface area contributed by atoms with Gasteiger partial charge in [-0.1, -0.05) is 30.1 Å². The van der Waals surface area contributed by atoms with Crippen molar-refractivity contribution in [3.05, 3.63) is 27.7 Å². The van der Waals surface area contributed by atoms with Crippen LogP contribution in [0.3, 0.4) is 0 Å². The smallest absolute Gasteiger partial charge is 0.181 e. The predicted molar refractivity (Wildman–Crippen MR) is 67.3 cm³/mol. The van der Waals surface area contributed by atoms with E-state index in [1.54, 1.807) is 6.07 Å². The maximum atomic E-state index is 11.6. The van der Waals surface area contributed by atoms with Gasteiger partial charge in [0.15, 0.2) is 5.78 Å². The lowest BCUT2D eigenvalue weighted by molar-refractivity contribution is 0.101. The minimum atomic E-state index is -0.253. The molecule has 0 saturated carbocycles. The molecule has 16 heavy (non-hydrogen) atoms. The molecule has 0 atom stereocenters. The Morgan fingerprint density at radius 1 is 1.38 bits per heavy atom. The summed E-state index contributed by atoms with van der Waals surface area (Å²) in [6, 6.07) is 3.06. The Morgan fingerprint density at radius 2 is 2.06 bits per heavy atom. The summed E-state index contributed by atoms with van der Waals surface area (Å²) in [5, 5.41) is 0.719. The van der Waals surface area contributed by atoms with E-state index in [9.17, 15) is 4.79 Å². The molecule has 0 saturated heterocycles. The molecule has 0 unspecified atom stereocenters. The zero-order valence-corrected chi connectivity index (χ0v) is 11.0. The van der Waals surface area contributed by atoms with Gasteiger partial charge in [0.25, 0.3) is 0 Å². The Hall–Kier alpha value is -0.440. The number of ketones is 1. The van der Waals surface area contributed by atoms with Gasteiger partial charge in [0.1, 0.15) is 5.75 Å². The van der Waals surface area contributed by atoms with E-state index in [2.05, 4.69) is 0 Å². The van der Waals surface area contributed by atoms with Crippen LogP contribution in [0, 0.1) is 0 Å². The van der Waals surface area contributed by atoms with Crippen LogP contribution in [0.15, 0.2) is 12.1 Å². The highest BCUT2D eigenvalue weighted by Crippen LogP contribution is 2.33. The summed E-state index contributed by atoms with van der Waals surface area (Å²) in [4.78, 5) is 11.6. The van der Waals surface area contributed by atoms with Crippen LogP contribution in [0.4, 0.5) is 0 Å². The van der Waals surface area contributed by atoms with Crippen molar-refractivity contribution in [3.8, 4) is 5.75 Å². The number of hydrogen-bond donors (Lipinski definition) is 0. The molecule has 0 N–H and O–H groups in total. The van der Waals surface area contributed by atoms with E-state index in [0.29, 0.717) is 28.0 Å². The van der Waals surface area contributed by atoms with Crippen LogP contribution >= 0.6 is 34.8 Å². The lowest BCUT2D eigenvalue weighted by atomic mass is 10.1. The number of halogens is 3. The summed E-state index contributed by atoms with van der Waals surface area (Å²) in [7, 11) is 0. The molecule has 0 heterocycles. The van der Waals surface area contributed by atoms with Crippen LogP contribution in [0.25, 0.3) is 0 Å². The Balaban J connectivity index is 3.15. The van der Waals surface area contributed by atoms with E-state index < -0.39 is 0 Å². The highest BCUT2D eigenvalue weighted by Gasteiger charge is 2.16. The third-order valence-electron chi connectivity index (χ3n) is 1.88. The second kappa shape index (κ2) is 6.33. The summed E-state index contributed by atoms with van der Waals surface area (Å²) >= 11 is 17.3. The fourth-order valence-electron chi connectivity index (χ4n) is 1.19. The van der Waals surface area contributed by atoms with Gasteiger partial charge in [-0.3, -0.25) is 4.79 Å². The number of rotatable bonds is 5. The van der Waals surface area contributed by atoms with E-state index >= 15 is 0 Å². The van der Waals surface area contributed by atoms with Gasteiger partial charge in [-0.15, -0.1) is 11.6 Å². The minimum absolute atomic E-state index is 0.126. The topological polar surface area (TPSA) is 26.3 Å². The Morgan fingerprint density at radius 3 is 2.62 bits per heavy atom. The van der Waals surface area contributed by atoms with Gasteiger partial charge in [-0.25, -0.2) is 0 Å². The SMILES string of the molecule is CCCOc1c(Cl)cc(Cl)cc1C(=O)CCl. The monoisotopic (exact) mass is 280 g/mol. The molecule has 2 nitrogen and oxygen atoms in total. The quantitative estimate of drug-likeness (QED) is 0.597. The fourth-order valence-corrected chi connectivity index (χ4v) is 1.88. The first-order valence-electron chi connectivity index (χ1n) is 4.81. The standard InChI is InChI=1S/C11H11Cl3O2/c1-2-3-16-11-8(10(15)6-12)4-7(13)5-9(11)14/h4-5H,2-3,6H2,1H3. The van der Waals surface area contributed by atoms with Gasteiger partial charge in [-0.2, -0.15) is 0 Å². The van der Waals surface area contributed by atoms with Crippen LogP contribution in [-0.4, -0.2) is 18.3 Å². The van der Waals surface area contributed by atoms with Gasteiger partial charge in [0, 0.05) is 5.02 Å². The van der Waals surface area contributed by atoms with Crippen LogP contribution in [0.5, 0.6) is 5.75 Å². The van der Waals surface area contributed by atoms with Crippen molar-refractivity contribution in [2.75, 3.05) is 12.5 Å². The van der Waals surface area contributed by atoms with Crippen LogP contribution in [-0.2, 0) is 0 Å². The van der Waals surface area contributed by atoms with E-state index in [4.69, 9.17) is 39.5 Å². The zero-order chi connectivity index (χ0) is 12.1. The van der Waals surface area contributed by atoms with Gasteiger partial charge >= 0.3 is 0 Å². The maximum absolute atomic E-state index is 11.6. The predicted octanol–water partition coefficient (Wildman–Crippen LogP) is 4.20. The molecule has 1 aromatic rings. The molecular weight excluding hydrogens is 270 g/mol. The molecule has 0 aliphatic rings. The van der Waals surface area contributed by atoms with E-state index in [-0.39, 0.29) is 11.7 Å². The van der Waals surface area contributed by atoms with Gasteiger partial charge in [-0.05, 0) is 18.6 Å². The number of benzene rings is 1. The lowest BCUT2D eigenvalue weighted by Gasteiger charge is -2.11. The normalized spacial score (nSPS) is 10.2. The lowest BCUT2D eigenvalue weighted by Crippen LogP contribution is -2.06. The summed E-state index contributed by atoms with van der Waals surface area (Å²) < 4.78 is 5.42. The molecule has 1 aromatic carbocycles. The zero-order valence-electron chi connectivity index (χ0n) is 8.73. The molecule has 0 spiro atoms. The van der Waals surface area contributed by atoms with Gasteiger partial charge < -0.3 is 4.74 Å². The van der Waals surface area contributed by atoms with Crippen molar-refractivity contribution in [2.24, 2.45) is 0 Å². The highest BCUT2D eigenvalue weighted by atomic mass is 35.5. The van der Waals surface area contributed by atoms with Crippen molar-refractivity contribution >= 4 is 40.6 Å². The molecule has 0 aliphatic carbocycles. The Labute approximate surface area is 109 Å². The number of carbonyl (C=O) groups excluding carboxylic acids is 1. The Bertz CT molecular complexity index is 391. The molecule has 0 aromatic heterocycles. The molecule has 0 aliphatic heterocycles. The Kier molecular flexibility index (Phi) is 5.39. The van der Waals surface area contributed by atoms with Crippen LogP contribution in [0.2, 0.25) is 10.0 Å². The molecule has 88 valence electrons. The van der Waals surface area contributed by atoms with Crippen molar-refractivity contribution in [1.82, 2.24) is 0 Å². The summed E-state index contributed by atoms with van der Waals surface area (Å²) in [6.07, 6.45) is 0.827. The number of carbonyl (C=O) groups is 1. The second-order valence-electron chi connectivity index (χ2n) is 3.17.